The highest BCUT2D eigenvalue weighted by Gasteiger charge is 2.14. The molecule has 4 nitrogen and oxygen atoms in total. The van der Waals surface area contributed by atoms with Crippen LogP contribution in [0.1, 0.15) is 27.8 Å². The van der Waals surface area contributed by atoms with Crippen LogP contribution in [0.4, 0.5) is 5.69 Å². The minimum absolute atomic E-state index is 0.0635. The number of halogens is 2. The van der Waals surface area contributed by atoms with Crippen LogP contribution in [0, 0.1) is 32.1 Å². The first-order valence-corrected chi connectivity index (χ1v) is 10.7. The summed E-state index contributed by atoms with van der Waals surface area (Å²) in [5.74, 6) is -0.154. The van der Waals surface area contributed by atoms with Crippen molar-refractivity contribution in [1.29, 1.82) is 5.26 Å². The molecule has 162 valence electrons. The van der Waals surface area contributed by atoms with Crippen LogP contribution in [0.5, 0.6) is 5.75 Å². The summed E-state index contributed by atoms with van der Waals surface area (Å²) in [4.78, 5) is 12.6. The number of benzene rings is 3. The Morgan fingerprint density at radius 3 is 2.38 bits per heavy atom. The van der Waals surface area contributed by atoms with Crippen molar-refractivity contribution < 1.29 is 9.53 Å². The van der Waals surface area contributed by atoms with Gasteiger partial charge in [-0.25, -0.2) is 0 Å². The van der Waals surface area contributed by atoms with Crippen molar-refractivity contribution in [3.8, 4) is 11.8 Å². The highest BCUT2D eigenvalue weighted by atomic mass is 35.5. The first kappa shape index (κ1) is 23.4. The predicted octanol–water partition coefficient (Wildman–Crippen LogP) is 7.04. The molecule has 0 bridgehead atoms. The fourth-order valence-electron chi connectivity index (χ4n) is 3.13. The van der Waals surface area contributed by atoms with Gasteiger partial charge >= 0.3 is 0 Å². The minimum Gasteiger partial charge on any atom is -0.486 e. The van der Waals surface area contributed by atoms with E-state index in [9.17, 15) is 10.1 Å². The number of ether oxygens (including phenoxy) is 1. The topological polar surface area (TPSA) is 62.1 Å². The van der Waals surface area contributed by atoms with Crippen LogP contribution in [-0.2, 0) is 11.4 Å². The molecule has 0 unspecified atom stereocenters. The van der Waals surface area contributed by atoms with E-state index in [1.165, 1.54) is 6.08 Å². The van der Waals surface area contributed by atoms with Crippen molar-refractivity contribution in [2.75, 3.05) is 5.32 Å². The molecule has 3 aromatic carbocycles. The van der Waals surface area contributed by atoms with Crippen LogP contribution >= 0.6 is 23.2 Å². The lowest BCUT2D eigenvalue weighted by molar-refractivity contribution is -0.112. The number of nitrogens with zero attached hydrogens (tertiary/aromatic N) is 1. The van der Waals surface area contributed by atoms with Crippen molar-refractivity contribution in [2.45, 2.75) is 27.4 Å². The fraction of sp³-hybridized carbons (Fsp3) is 0.154. The summed E-state index contributed by atoms with van der Waals surface area (Å²) in [6, 6.07) is 18.8. The third-order valence-corrected chi connectivity index (χ3v) is 5.37. The molecule has 3 rings (SSSR count). The zero-order valence-electron chi connectivity index (χ0n) is 18.0. The molecule has 0 radical (unpaired) electrons. The number of nitriles is 1. The van der Waals surface area contributed by atoms with Gasteiger partial charge in [-0.3, -0.25) is 4.79 Å². The van der Waals surface area contributed by atoms with Gasteiger partial charge in [0.05, 0.1) is 10.0 Å². The molecule has 0 aromatic heterocycles. The number of carbonyl (C=O) groups excluding carboxylic acids is 1. The van der Waals surface area contributed by atoms with Crippen LogP contribution in [0.25, 0.3) is 6.08 Å². The van der Waals surface area contributed by atoms with Gasteiger partial charge < -0.3 is 10.1 Å². The second-order valence-corrected chi connectivity index (χ2v) is 8.35. The second-order valence-electron chi connectivity index (χ2n) is 7.53. The maximum Gasteiger partial charge on any atom is 0.266 e. The summed E-state index contributed by atoms with van der Waals surface area (Å²) in [5.41, 5.74) is 5.16. The highest BCUT2D eigenvalue weighted by Crippen LogP contribution is 2.35. The van der Waals surface area contributed by atoms with Gasteiger partial charge in [-0.15, -0.1) is 0 Å². The van der Waals surface area contributed by atoms with Gasteiger partial charge in [-0.2, -0.15) is 5.26 Å². The van der Waals surface area contributed by atoms with E-state index in [1.54, 1.807) is 12.1 Å². The number of hydrogen-bond acceptors (Lipinski definition) is 3. The summed E-state index contributed by atoms with van der Waals surface area (Å²) in [7, 11) is 0. The number of hydrogen-bond donors (Lipinski definition) is 1. The van der Waals surface area contributed by atoms with E-state index >= 15 is 0 Å². The van der Waals surface area contributed by atoms with Gasteiger partial charge in [-0.05, 0) is 67.3 Å². The van der Waals surface area contributed by atoms with Crippen molar-refractivity contribution in [1.82, 2.24) is 0 Å². The molecular weight excluding hydrogens is 443 g/mol. The largest absolute Gasteiger partial charge is 0.486 e. The molecule has 1 N–H and O–H groups in total. The lowest BCUT2D eigenvalue weighted by Crippen LogP contribution is -2.14. The van der Waals surface area contributed by atoms with Gasteiger partial charge in [-0.1, -0.05) is 65.2 Å². The molecule has 1 amide bonds. The Morgan fingerprint density at radius 2 is 1.72 bits per heavy atom. The van der Waals surface area contributed by atoms with E-state index in [4.69, 9.17) is 27.9 Å². The molecule has 0 saturated carbocycles. The summed E-state index contributed by atoms with van der Waals surface area (Å²) >= 11 is 12.8. The Balaban J connectivity index is 1.79. The molecule has 3 aromatic rings. The van der Waals surface area contributed by atoms with Gasteiger partial charge in [0.2, 0.25) is 0 Å². The minimum atomic E-state index is -0.506. The van der Waals surface area contributed by atoms with Crippen molar-refractivity contribution in [3.63, 3.8) is 0 Å². The lowest BCUT2D eigenvalue weighted by atomic mass is 10.1. The number of anilines is 1. The van der Waals surface area contributed by atoms with E-state index in [2.05, 4.69) is 5.32 Å². The molecule has 32 heavy (non-hydrogen) atoms. The number of carbonyl (C=O) groups is 1. The molecule has 6 heteroatoms. The van der Waals surface area contributed by atoms with Crippen molar-refractivity contribution >= 4 is 40.9 Å². The van der Waals surface area contributed by atoms with E-state index in [0.29, 0.717) is 33.7 Å². The quantitative estimate of drug-likeness (QED) is 0.314. The molecular formula is C26H22Cl2N2O2. The molecule has 0 heterocycles. The van der Waals surface area contributed by atoms with Gasteiger partial charge in [0.25, 0.3) is 5.91 Å². The average Bonchev–Trinajstić information content (AvgIpc) is 2.74. The first-order chi connectivity index (χ1) is 15.3. The van der Waals surface area contributed by atoms with Gasteiger partial charge in [0, 0.05) is 5.69 Å². The Morgan fingerprint density at radius 1 is 1.03 bits per heavy atom. The summed E-state index contributed by atoms with van der Waals surface area (Å²) < 4.78 is 5.82. The number of nitrogens with one attached hydrogen (secondary N) is 1. The Labute approximate surface area is 198 Å². The predicted molar refractivity (Wildman–Crippen MR) is 130 cm³/mol. The maximum absolute atomic E-state index is 12.6. The number of rotatable bonds is 6. The Kier molecular flexibility index (Phi) is 7.58. The highest BCUT2D eigenvalue weighted by molar-refractivity contribution is 6.37. The lowest BCUT2D eigenvalue weighted by Gasteiger charge is -2.12. The Hall–Kier alpha value is -3.26. The van der Waals surface area contributed by atoms with Gasteiger partial charge in [0.15, 0.2) is 5.75 Å². The number of aryl methyl sites for hydroxylation is 3. The zero-order chi connectivity index (χ0) is 23.3. The second kappa shape index (κ2) is 10.4. The van der Waals surface area contributed by atoms with Crippen LogP contribution in [-0.4, -0.2) is 5.91 Å². The van der Waals surface area contributed by atoms with Crippen LogP contribution in [0.3, 0.4) is 0 Å². The van der Waals surface area contributed by atoms with Crippen LogP contribution < -0.4 is 10.1 Å². The third kappa shape index (κ3) is 5.91. The molecule has 0 aliphatic rings. The average molecular weight is 465 g/mol. The van der Waals surface area contributed by atoms with Crippen LogP contribution in [0.2, 0.25) is 10.0 Å². The molecule has 0 aliphatic carbocycles. The summed E-state index contributed by atoms with van der Waals surface area (Å²) in [6.07, 6.45) is 1.45. The normalized spacial score (nSPS) is 11.1. The SMILES string of the molecule is Cc1cccc(COc2c(Cl)cc(/C=C(\C#N)C(=O)Nc3cc(C)ccc3C)cc2Cl)c1. The summed E-state index contributed by atoms with van der Waals surface area (Å²) in [6.45, 7) is 6.15. The van der Waals surface area contributed by atoms with Crippen LogP contribution in [0.15, 0.2) is 60.2 Å². The monoisotopic (exact) mass is 464 g/mol. The Bertz CT molecular complexity index is 1220. The van der Waals surface area contributed by atoms with E-state index in [0.717, 1.165) is 22.3 Å². The standard InChI is InChI=1S/C26H22Cl2N2O2/c1-16-5-4-6-19(9-16)15-32-25-22(27)12-20(13-23(25)28)11-21(14-29)26(31)30-24-10-17(2)7-8-18(24)3/h4-13H,15H2,1-3H3,(H,30,31)/b21-11+. The molecule has 0 fully saturated rings. The fourth-order valence-corrected chi connectivity index (χ4v) is 3.75. The van der Waals surface area contributed by atoms with Gasteiger partial charge in [0.1, 0.15) is 18.2 Å². The molecule has 0 spiro atoms. The van der Waals surface area contributed by atoms with E-state index in [1.807, 2.05) is 69.3 Å². The third-order valence-electron chi connectivity index (χ3n) is 4.80. The van der Waals surface area contributed by atoms with Crippen molar-refractivity contribution in [3.05, 3.63) is 98.0 Å². The maximum atomic E-state index is 12.6. The van der Waals surface area contributed by atoms with E-state index < -0.39 is 5.91 Å². The van der Waals surface area contributed by atoms with Crippen molar-refractivity contribution in [2.24, 2.45) is 0 Å². The smallest absolute Gasteiger partial charge is 0.266 e. The first-order valence-electron chi connectivity index (χ1n) is 9.94. The molecule has 0 saturated heterocycles. The number of amides is 1. The summed E-state index contributed by atoms with van der Waals surface area (Å²) in [5, 5.41) is 12.9. The molecule has 0 aliphatic heterocycles. The zero-order valence-corrected chi connectivity index (χ0v) is 19.5. The molecule has 0 atom stereocenters. The van der Waals surface area contributed by atoms with E-state index in [-0.39, 0.29) is 5.57 Å².